The second kappa shape index (κ2) is 9.63. The monoisotopic (exact) mass is 412 g/mol. The predicted octanol–water partition coefficient (Wildman–Crippen LogP) is 3.44. The fraction of sp³-hybridized carbons (Fsp3) is 0.391. The molecule has 0 bridgehead atoms. The van der Waals surface area contributed by atoms with Crippen molar-refractivity contribution in [1.82, 2.24) is 9.80 Å². The van der Waals surface area contributed by atoms with Crippen LogP contribution in [0.4, 0.5) is 0 Å². The normalized spacial score (nSPS) is 18.4. The molecule has 2 heterocycles. The van der Waals surface area contributed by atoms with Gasteiger partial charge in [-0.25, -0.2) is 0 Å². The Kier molecular flexibility index (Phi) is 6.95. The van der Waals surface area contributed by atoms with Gasteiger partial charge in [-0.1, -0.05) is 6.92 Å². The van der Waals surface area contributed by atoms with Gasteiger partial charge in [0, 0.05) is 12.1 Å². The number of ketones is 1. The first-order valence-corrected chi connectivity index (χ1v) is 10.1. The molecule has 1 N–H and O–H groups in total. The molecule has 1 fully saturated rings. The van der Waals surface area contributed by atoms with E-state index < -0.39 is 17.7 Å². The molecule has 1 aromatic carbocycles. The Labute approximate surface area is 176 Å². The standard InChI is InChI=1S/C23H28N2O5/c1-4-14-29-17-10-8-16(9-11-17)21(26)19-20(18-7-5-15-30-18)25(23(28)22(19)27)13-6-12-24(2)3/h5,7-11,15,20,26H,4,6,12-14H2,1-3H3/t20-/m1/s1. The summed E-state index contributed by atoms with van der Waals surface area (Å²) in [6.07, 6.45) is 3.08. The number of aliphatic hydroxyl groups is 1. The highest BCUT2D eigenvalue weighted by molar-refractivity contribution is 6.46. The van der Waals surface area contributed by atoms with Crippen LogP contribution in [0.3, 0.4) is 0 Å². The van der Waals surface area contributed by atoms with E-state index in [1.165, 1.54) is 11.2 Å². The van der Waals surface area contributed by atoms with Gasteiger partial charge in [0.1, 0.15) is 23.3 Å². The van der Waals surface area contributed by atoms with Crippen molar-refractivity contribution in [3.63, 3.8) is 0 Å². The van der Waals surface area contributed by atoms with Crippen LogP contribution in [0.5, 0.6) is 5.75 Å². The molecular formula is C23H28N2O5. The molecule has 0 saturated carbocycles. The lowest BCUT2D eigenvalue weighted by atomic mass is 9.99. The first-order valence-electron chi connectivity index (χ1n) is 10.1. The second-order valence-corrected chi connectivity index (χ2v) is 7.54. The van der Waals surface area contributed by atoms with Gasteiger partial charge in [-0.3, -0.25) is 9.59 Å². The highest BCUT2D eigenvalue weighted by atomic mass is 16.5. The van der Waals surface area contributed by atoms with E-state index in [1.54, 1.807) is 36.4 Å². The molecule has 2 aromatic rings. The molecule has 1 aliphatic heterocycles. The van der Waals surface area contributed by atoms with Crippen LogP contribution in [-0.4, -0.2) is 60.4 Å². The van der Waals surface area contributed by atoms with E-state index >= 15 is 0 Å². The van der Waals surface area contributed by atoms with Crippen LogP contribution in [0.25, 0.3) is 5.76 Å². The lowest BCUT2D eigenvalue weighted by Crippen LogP contribution is -2.32. The number of carbonyl (C=O) groups is 2. The van der Waals surface area contributed by atoms with Gasteiger partial charge in [0.05, 0.1) is 18.4 Å². The van der Waals surface area contributed by atoms with Crippen LogP contribution in [0.1, 0.15) is 37.1 Å². The third-order valence-electron chi connectivity index (χ3n) is 4.96. The average Bonchev–Trinajstić information content (AvgIpc) is 3.34. The van der Waals surface area contributed by atoms with Crippen LogP contribution in [0.2, 0.25) is 0 Å². The topological polar surface area (TPSA) is 83.2 Å². The Balaban J connectivity index is 1.95. The molecular weight excluding hydrogens is 384 g/mol. The minimum Gasteiger partial charge on any atom is -0.507 e. The van der Waals surface area contributed by atoms with E-state index in [1.807, 2.05) is 25.9 Å². The first kappa shape index (κ1) is 21.6. The molecule has 0 aliphatic carbocycles. The zero-order valence-corrected chi connectivity index (χ0v) is 17.6. The van der Waals surface area contributed by atoms with E-state index in [9.17, 15) is 14.7 Å². The summed E-state index contributed by atoms with van der Waals surface area (Å²) in [7, 11) is 3.90. The number of hydrogen-bond acceptors (Lipinski definition) is 6. The highest BCUT2D eigenvalue weighted by Gasteiger charge is 2.47. The van der Waals surface area contributed by atoms with Crippen LogP contribution in [-0.2, 0) is 9.59 Å². The Hall–Kier alpha value is -3.06. The fourth-order valence-electron chi connectivity index (χ4n) is 3.50. The van der Waals surface area contributed by atoms with Gasteiger partial charge in [0.25, 0.3) is 11.7 Å². The fourth-order valence-corrected chi connectivity index (χ4v) is 3.50. The van der Waals surface area contributed by atoms with Gasteiger partial charge >= 0.3 is 0 Å². The molecule has 0 unspecified atom stereocenters. The van der Waals surface area contributed by atoms with Crippen molar-refractivity contribution in [1.29, 1.82) is 0 Å². The Morgan fingerprint density at radius 1 is 1.20 bits per heavy atom. The summed E-state index contributed by atoms with van der Waals surface area (Å²) in [5, 5.41) is 11.0. The first-order chi connectivity index (χ1) is 14.4. The van der Waals surface area contributed by atoms with E-state index in [0.29, 0.717) is 36.6 Å². The van der Waals surface area contributed by atoms with E-state index in [-0.39, 0.29) is 11.3 Å². The highest BCUT2D eigenvalue weighted by Crippen LogP contribution is 2.39. The summed E-state index contributed by atoms with van der Waals surface area (Å²) in [5.41, 5.74) is 0.490. The third-order valence-corrected chi connectivity index (χ3v) is 4.96. The van der Waals surface area contributed by atoms with E-state index in [4.69, 9.17) is 9.15 Å². The van der Waals surface area contributed by atoms with Crippen LogP contribution >= 0.6 is 0 Å². The zero-order chi connectivity index (χ0) is 21.7. The Morgan fingerprint density at radius 3 is 2.53 bits per heavy atom. The molecule has 1 saturated heterocycles. The Bertz CT molecular complexity index is 900. The predicted molar refractivity (Wildman–Crippen MR) is 113 cm³/mol. The molecule has 0 spiro atoms. The summed E-state index contributed by atoms with van der Waals surface area (Å²) >= 11 is 0. The van der Waals surface area contributed by atoms with E-state index in [2.05, 4.69) is 0 Å². The molecule has 160 valence electrons. The molecule has 7 nitrogen and oxygen atoms in total. The number of carbonyl (C=O) groups excluding carboxylic acids is 2. The van der Waals surface area contributed by atoms with Crippen molar-refractivity contribution in [3.05, 3.63) is 59.6 Å². The van der Waals surface area contributed by atoms with Gasteiger partial charge < -0.3 is 24.1 Å². The second-order valence-electron chi connectivity index (χ2n) is 7.54. The maximum Gasteiger partial charge on any atom is 0.295 e. The molecule has 7 heteroatoms. The molecule has 30 heavy (non-hydrogen) atoms. The molecule has 0 radical (unpaired) electrons. The van der Waals surface area contributed by atoms with Crippen LogP contribution in [0, 0.1) is 0 Å². The minimum absolute atomic E-state index is 0.0435. The summed E-state index contributed by atoms with van der Waals surface area (Å²) in [5.74, 6) is -0.416. The lowest BCUT2D eigenvalue weighted by molar-refractivity contribution is -0.140. The summed E-state index contributed by atoms with van der Waals surface area (Å²) in [6.45, 7) is 3.77. The largest absolute Gasteiger partial charge is 0.507 e. The SMILES string of the molecule is CCCOc1ccc(C(O)=C2C(=O)C(=O)N(CCCN(C)C)[C@@H]2c2ccco2)cc1. The maximum atomic E-state index is 12.9. The number of aliphatic hydroxyl groups excluding tert-OH is 1. The van der Waals surface area contributed by atoms with Gasteiger partial charge in [0.15, 0.2) is 0 Å². The number of likely N-dealkylation sites (tertiary alicyclic amines) is 1. The molecule has 1 aromatic heterocycles. The summed E-state index contributed by atoms with van der Waals surface area (Å²) in [6, 6.07) is 9.50. The van der Waals surface area contributed by atoms with Gasteiger partial charge in [-0.15, -0.1) is 0 Å². The number of furan rings is 1. The van der Waals surface area contributed by atoms with Crippen molar-refractivity contribution in [2.75, 3.05) is 33.8 Å². The molecule has 3 rings (SSSR count). The number of ether oxygens (including phenoxy) is 1. The third kappa shape index (κ3) is 4.57. The van der Waals surface area contributed by atoms with Crippen molar-refractivity contribution in [2.45, 2.75) is 25.8 Å². The summed E-state index contributed by atoms with van der Waals surface area (Å²) in [4.78, 5) is 29.1. The van der Waals surface area contributed by atoms with Crippen molar-refractivity contribution in [2.24, 2.45) is 0 Å². The van der Waals surface area contributed by atoms with Gasteiger partial charge in [0.2, 0.25) is 0 Å². The van der Waals surface area contributed by atoms with Crippen LogP contribution < -0.4 is 4.74 Å². The minimum atomic E-state index is -0.752. The van der Waals surface area contributed by atoms with Crippen molar-refractivity contribution >= 4 is 17.4 Å². The number of rotatable bonds is 9. The maximum absolute atomic E-state index is 12.9. The average molecular weight is 412 g/mol. The zero-order valence-electron chi connectivity index (χ0n) is 17.6. The van der Waals surface area contributed by atoms with Gasteiger partial charge in [-0.2, -0.15) is 0 Å². The van der Waals surface area contributed by atoms with Crippen molar-refractivity contribution < 1.29 is 23.8 Å². The number of amides is 1. The number of Topliss-reactive ketones (excluding diaryl/α,β-unsaturated/α-hetero) is 1. The molecule has 1 aliphatic rings. The quantitative estimate of drug-likeness (QED) is 0.386. The van der Waals surface area contributed by atoms with E-state index in [0.717, 1.165) is 13.0 Å². The number of nitrogens with zero attached hydrogens (tertiary/aromatic N) is 2. The number of hydrogen-bond donors (Lipinski definition) is 1. The molecule has 1 atom stereocenters. The van der Waals surface area contributed by atoms with Gasteiger partial charge in [-0.05, 0) is 69.9 Å². The molecule has 1 amide bonds. The smallest absolute Gasteiger partial charge is 0.295 e. The number of benzene rings is 1. The van der Waals surface area contributed by atoms with Crippen molar-refractivity contribution in [3.8, 4) is 5.75 Å². The lowest BCUT2D eigenvalue weighted by Gasteiger charge is -2.24. The van der Waals surface area contributed by atoms with Crippen LogP contribution in [0.15, 0.2) is 52.7 Å². The summed E-state index contributed by atoms with van der Waals surface area (Å²) < 4.78 is 11.1. The Morgan fingerprint density at radius 2 is 1.93 bits per heavy atom.